The molecule has 184 valence electrons. The second-order valence-electron chi connectivity index (χ2n) is 9.00. The number of carbonyl (C=O) groups excluding carboxylic acids is 1. The van der Waals surface area contributed by atoms with E-state index >= 15 is 0 Å². The van der Waals surface area contributed by atoms with Crippen LogP contribution in [0.15, 0.2) is 91.1 Å². The Balaban J connectivity index is 1.17. The van der Waals surface area contributed by atoms with Crippen LogP contribution in [0.1, 0.15) is 28.9 Å². The summed E-state index contributed by atoms with van der Waals surface area (Å²) < 4.78 is 1.95. The summed E-state index contributed by atoms with van der Waals surface area (Å²) in [5.74, 6) is -0.154. The number of nitrogens with one attached hydrogen (secondary N) is 2. The van der Waals surface area contributed by atoms with Gasteiger partial charge in [-0.1, -0.05) is 0 Å². The molecule has 5 rings (SSSR count). The van der Waals surface area contributed by atoms with E-state index in [2.05, 4.69) is 15.5 Å². The molecule has 36 heavy (non-hydrogen) atoms. The fourth-order valence-electron chi connectivity index (χ4n) is 4.46. The van der Waals surface area contributed by atoms with E-state index in [1.54, 1.807) is 0 Å². The van der Waals surface area contributed by atoms with Gasteiger partial charge in [0.2, 0.25) is 0 Å². The van der Waals surface area contributed by atoms with Crippen LogP contribution < -0.4 is 15.5 Å². The molecule has 1 aromatic heterocycles. The quantitative estimate of drug-likeness (QED) is 0.300. The third-order valence-corrected chi connectivity index (χ3v) is 6.53. The molecular weight excluding hydrogens is 452 g/mol. The van der Waals surface area contributed by atoms with Crippen LogP contribution in [0.2, 0.25) is 0 Å². The number of piperidine rings is 1. The number of anilines is 4. The Morgan fingerprint density at radius 2 is 1.39 bits per heavy atom. The van der Waals surface area contributed by atoms with E-state index in [-0.39, 0.29) is 18.6 Å². The van der Waals surface area contributed by atoms with Gasteiger partial charge >= 0.3 is 0 Å². The fourth-order valence-corrected chi connectivity index (χ4v) is 4.46. The van der Waals surface area contributed by atoms with Crippen molar-refractivity contribution in [2.45, 2.75) is 25.6 Å². The number of aliphatic hydroxyl groups excluding tert-OH is 2. The Bertz CT molecular complexity index is 1290. The van der Waals surface area contributed by atoms with E-state index < -0.39 is 0 Å². The van der Waals surface area contributed by atoms with Gasteiger partial charge in [0.15, 0.2) is 0 Å². The van der Waals surface area contributed by atoms with E-state index in [0.717, 1.165) is 60.1 Å². The predicted molar refractivity (Wildman–Crippen MR) is 143 cm³/mol. The van der Waals surface area contributed by atoms with E-state index in [4.69, 9.17) is 0 Å². The first-order chi connectivity index (χ1) is 17.6. The Morgan fingerprint density at radius 1 is 0.806 bits per heavy atom. The lowest BCUT2D eigenvalue weighted by atomic mass is 10.1. The fraction of sp³-hybridized carbons (Fsp3) is 0.207. The topological polar surface area (TPSA) is 89.8 Å². The van der Waals surface area contributed by atoms with Gasteiger partial charge in [-0.15, -0.1) is 0 Å². The van der Waals surface area contributed by atoms with Crippen molar-refractivity contribution in [1.29, 1.82) is 0 Å². The minimum Gasteiger partial charge on any atom is -0.393 e. The van der Waals surface area contributed by atoms with Crippen LogP contribution in [0.4, 0.5) is 22.7 Å². The number of hydrogen-bond acceptors (Lipinski definition) is 5. The average molecular weight is 483 g/mol. The highest BCUT2D eigenvalue weighted by Crippen LogP contribution is 2.23. The van der Waals surface area contributed by atoms with Crippen LogP contribution in [-0.4, -0.2) is 39.9 Å². The lowest BCUT2D eigenvalue weighted by molar-refractivity contribution is 0.102. The molecular formula is C29H30N4O3. The maximum absolute atomic E-state index is 12.7. The summed E-state index contributed by atoms with van der Waals surface area (Å²) in [6.07, 6.45) is 3.27. The zero-order valence-electron chi connectivity index (χ0n) is 20.0. The van der Waals surface area contributed by atoms with Gasteiger partial charge in [0.05, 0.1) is 12.7 Å². The predicted octanol–water partition coefficient (Wildman–Crippen LogP) is 4.93. The molecule has 4 N–H and O–H groups in total. The molecule has 0 saturated carbocycles. The van der Waals surface area contributed by atoms with Crippen molar-refractivity contribution in [3.63, 3.8) is 0 Å². The molecule has 1 aliphatic heterocycles. The number of nitrogens with zero attached hydrogens (tertiary/aromatic N) is 2. The molecule has 2 heterocycles. The third kappa shape index (κ3) is 5.43. The summed E-state index contributed by atoms with van der Waals surface area (Å²) in [5, 5.41) is 25.5. The van der Waals surface area contributed by atoms with Crippen LogP contribution in [0, 0.1) is 0 Å². The highest BCUT2D eigenvalue weighted by atomic mass is 16.3. The van der Waals surface area contributed by atoms with Crippen LogP contribution in [0.3, 0.4) is 0 Å². The Kier molecular flexibility index (Phi) is 7.02. The number of amides is 1. The molecule has 0 atom stereocenters. The molecule has 1 saturated heterocycles. The van der Waals surface area contributed by atoms with Gasteiger partial charge in [-0.3, -0.25) is 4.79 Å². The van der Waals surface area contributed by atoms with E-state index in [9.17, 15) is 15.0 Å². The Morgan fingerprint density at radius 3 is 2.03 bits per heavy atom. The summed E-state index contributed by atoms with van der Waals surface area (Å²) in [6, 6.07) is 27.0. The molecule has 3 aromatic carbocycles. The summed E-state index contributed by atoms with van der Waals surface area (Å²) >= 11 is 0. The van der Waals surface area contributed by atoms with Crippen molar-refractivity contribution in [2.24, 2.45) is 0 Å². The van der Waals surface area contributed by atoms with Crippen LogP contribution in [0.5, 0.6) is 0 Å². The van der Waals surface area contributed by atoms with E-state index in [0.29, 0.717) is 5.56 Å². The second-order valence-corrected chi connectivity index (χ2v) is 9.00. The number of carbonyl (C=O) groups is 1. The molecule has 7 nitrogen and oxygen atoms in total. The molecule has 0 spiro atoms. The van der Waals surface area contributed by atoms with Crippen LogP contribution in [-0.2, 0) is 6.61 Å². The standard InChI is InChI=1S/C29H30N4O3/c34-20-27-2-1-17-33(27)26-13-9-23(10-14-26)30-22-5-7-24(8-6-22)31-29(36)21-3-11-25(12-4-21)32-18-15-28(35)16-19-32/h1-14,17,28,30,34-35H,15-16,18-20H2,(H,31,36). The van der Waals surface area contributed by atoms with E-state index in [1.807, 2.05) is 95.7 Å². The van der Waals surface area contributed by atoms with Crippen molar-refractivity contribution in [2.75, 3.05) is 28.6 Å². The minimum absolute atomic E-state index is 0.00836. The van der Waals surface area contributed by atoms with Crippen LogP contribution in [0.25, 0.3) is 5.69 Å². The largest absolute Gasteiger partial charge is 0.393 e. The zero-order chi connectivity index (χ0) is 24.9. The van der Waals surface area contributed by atoms with Gasteiger partial charge in [0.25, 0.3) is 5.91 Å². The molecule has 0 unspecified atom stereocenters. The normalized spacial score (nSPS) is 14.0. The van der Waals surface area contributed by atoms with Gasteiger partial charge < -0.3 is 30.3 Å². The number of aliphatic hydroxyl groups is 2. The number of hydrogen-bond donors (Lipinski definition) is 4. The first-order valence-electron chi connectivity index (χ1n) is 12.2. The molecule has 1 aliphatic rings. The maximum Gasteiger partial charge on any atom is 0.255 e. The molecule has 7 heteroatoms. The zero-order valence-corrected chi connectivity index (χ0v) is 20.0. The lowest BCUT2D eigenvalue weighted by Crippen LogP contribution is -2.35. The van der Waals surface area contributed by atoms with Crippen molar-refractivity contribution in [3.8, 4) is 5.69 Å². The number of aromatic nitrogens is 1. The van der Waals surface area contributed by atoms with Crippen LogP contribution >= 0.6 is 0 Å². The van der Waals surface area contributed by atoms with Gasteiger partial charge in [0, 0.05) is 59.0 Å². The number of rotatable bonds is 7. The molecule has 0 aliphatic carbocycles. The minimum atomic E-state index is -0.204. The average Bonchev–Trinajstić information content (AvgIpc) is 3.40. The molecule has 4 aromatic rings. The highest BCUT2D eigenvalue weighted by Gasteiger charge is 2.17. The maximum atomic E-state index is 12.7. The first-order valence-corrected chi connectivity index (χ1v) is 12.2. The Labute approximate surface area is 210 Å². The van der Waals surface area contributed by atoms with Crippen molar-refractivity contribution >= 4 is 28.7 Å². The highest BCUT2D eigenvalue weighted by molar-refractivity contribution is 6.04. The van der Waals surface area contributed by atoms with Crippen molar-refractivity contribution in [3.05, 3.63) is 102 Å². The van der Waals surface area contributed by atoms with Crippen molar-refractivity contribution < 1.29 is 15.0 Å². The van der Waals surface area contributed by atoms with Crippen molar-refractivity contribution in [1.82, 2.24) is 4.57 Å². The molecule has 0 radical (unpaired) electrons. The first kappa shape index (κ1) is 23.7. The van der Waals surface area contributed by atoms with Gasteiger partial charge in [0.1, 0.15) is 0 Å². The third-order valence-electron chi connectivity index (χ3n) is 6.53. The SMILES string of the molecule is O=C(Nc1ccc(Nc2ccc(-n3cccc3CO)cc2)cc1)c1ccc(N2CCC(O)CC2)cc1. The summed E-state index contributed by atoms with van der Waals surface area (Å²) in [5.41, 5.74) is 6.07. The van der Waals surface area contributed by atoms with Gasteiger partial charge in [-0.25, -0.2) is 0 Å². The van der Waals surface area contributed by atoms with Gasteiger partial charge in [-0.2, -0.15) is 0 Å². The van der Waals surface area contributed by atoms with Gasteiger partial charge in [-0.05, 0) is 97.8 Å². The summed E-state index contributed by atoms with van der Waals surface area (Å²) in [6.45, 7) is 1.65. The monoisotopic (exact) mass is 482 g/mol. The summed E-state index contributed by atoms with van der Waals surface area (Å²) in [4.78, 5) is 14.9. The molecule has 0 bridgehead atoms. The molecule has 1 amide bonds. The second kappa shape index (κ2) is 10.7. The smallest absolute Gasteiger partial charge is 0.255 e. The lowest BCUT2D eigenvalue weighted by Gasteiger charge is -2.31. The van der Waals surface area contributed by atoms with E-state index in [1.165, 1.54) is 0 Å². The molecule has 1 fully saturated rings. The Hall–Kier alpha value is -4.07. The summed E-state index contributed by atoms with van der Waals surface area (Å²) in [7, 11) is 0. The number of benzene rings is 3.